The molecule has 0 spiro atoms. The van der Waals surface area contributed by atoms with Crippen molar-refractivity contribution >= 4 is 23.4 Å². The molecule has 0 saturated carbocycles. The van der Waals surface area contributed by atoms with Gasteiger partial charge in [0.15, 0.2) is 16.7 Å². The third kappa shape index (κ3) is 4.29. The molecule has 0 radical (unpaired) electrons. The van der Waals surface area contributed by atoms with Gasteiger partial charge in [-0.1, -0.05) is 11.8 Å². The molecule has 1 aromatic heterocycles. The van der Waals surface area contributed by atoms with Crippen molar-refractivity contribution in [3.05, 3.63) is 39.8 Å². The highest BCUT2D eigenvalue weighted by Crippen LogP contribution is 2.29. The average Bonchev–Trinajstić information content (AvgIpc) is 2.57. The molecule has 128 valence electrons. The maximum absolute atomic E-state index is 12.1. The van der Waals surface area contributed by atoms with Crippen molar-refractivity contribution in [3.63, 3.8) is 0 Å². The first-order valence-electron chi connectivity index (χ1n) is 7.16. The summed E-state index contributed by atoms with van der Waals surface area (Å²) in [6.07, 6.45) is 0. The fourth-order valence-electron chi connectivity index (χ4n) is 1.93. The number of rotatable bonds is 6. The van der Waals surface area contributed by atoms with Crippen LogP contribution in [0.3, 0.4) is 0 Å². The molecule has 2 aromatic rings. The fourth-order valence-corrected chi connectivity index (χ4v) is 2.64. The lowest BCUT2D eigenvalue weighted by atomic mass is 10.2. The Bertz CT molecular complexity index is 804. The molecule has 0 saturated heterocycles. The zero-order valence-corrected chi connectivity index (χ0v) is 14.7. The zero-order chi connectivity index (χ0) is 17.7. The van der Waals surface area contributed by atoms with E-state index in [1.807, 2.05) is 0 Å². The quantitative estimate of drug-likeness (QED) is 0.613. The van der Waals surface area contributed by atoms with E-state index in [4.69, 9.17) is 9.47 Å². The van der Waals surface area contributed by atoms with E-state index >= 15 is 0 Å². The van der Waals surface area contributed by atoms with Gasteiger partial charge < -0.3 is 19.8 Å². The van der Waals surface area contributed by atoms with E-state index in [1.54, 1.807) is 39.2 Å². The molecule has 1 amide bonds. The van der Waals surface area contributed by atoms with Crippen LogP contribution in [0, 0.1) is 13.8 Å². The summed E-state index contributed by atoms with van der Waals surface area (Å²) in [4.78, 5) is 30.6. The first kappa shape index (κ1) is 17.9. The van der Waals surface area contributed by atoms with Crippen LogP contribution in [0.15, 0.2) is 28.2 Å². The summed E-state index contributed by atoms with van der Waals surface area (Å²) >= 11 is 1.17. The van der Waals surface area contributed by atoms with Gasteiger partial charge in [0.05, 0.1) is 20.0 Å². The van der Waals surface area contributed by atoms with E-state index in [2.05, 4.69) is 15.3 Å². The Labute approximate surface area is 143 Å². The topological polar surface area (TPSA) is 93.3 Å². The van der Waals surface area contributed by atoms with Crippen molar-refractivity contribution in [2.45, 2.75) is 19.0 Å². The maximum Gasteiger partial charge on any atom is 0.254 e. The number of methoxy groups -OCH3 is 2. The van der Waals surface area contributed by atoms with E-state index in [0.717, 1.165) is 0 Å². The highest BCUT2D eigenvalue weighted by Gasteiger charge is 2.10. The molecule has 0 atom stereocenters. The summed E-state index contributed by atoms with van der Waals surface area (Å²) in [6, 6.07) is 5.11. The van der Waals surface area contributed by atoms with Crippen LogP contribution < -0.4 is 20.3 Å². The number of ether oxygens (including phenoxy) is 2. The Morgan fingerprint density at radius 1 is 1.25 bits per heavy atom. The Kier molecular flexibility index (Phi) is 5.86. The monoisotopic (exact) mass is 349 g/mol. The summed E-state index contributed by atoms with van der Waals surface area (Å²) in [6.45, 7) is 3.47. The Morgan fingerprint density at radius 3 is 2.58 bits per heavy atom. The van der Waals surface area contributed by atoms with E-state index in [0.29, 0.717) is 33.6 Å². The molecule has 0 aliphatic rings. The largest absolute Gasteiger partial charge is 0.493 e. The van der Waals surface area contributed by atoms with Crippen LogP contribution in [-0.2, 0) is 4.79 Å². The molecule has 2 N–H and O–H groups in total. The number of aromatic amines is 1. The number of aromatic nitrogens is 2. The Morgan fingerprint density at radius 2 is 1.96 bits per heavy atom. The van der Waals surface area contributed by atoms with Gasteiger partial charge in [-0.3, -0.25) is 9.59 Å². The van der Waals surface area contributed by atoms with Gasteiger partial charge in [0.1, 0.15) is 0 Å². The third-order valence-corrected chi connectivity index (χ3v) is 4.25. The van der Waals surface area contributed by atoms with Gasteiger partial charge in [-0.25, -0.2) is 4.98 Å². The number of benzene rings is 1. The minimum atomic E-state index is -0.215. The Balaban J connectivity index is 2.00. The van der Waals surface area contributed by atoms with E-state index < -0.39 is 0 Å². The smallest absolute Gasteiger partial charge is 0.254 e. The van der Waals surface area contributed by atoms with Gasteiger partial charge in [-0.2, -0.15) is 0 Å². The Hall–Kier alpha value is -2.48. The fraction of sp³-hybridized carbons (Fsp3) is 0.312. The summed E-state index contributed by atoms with van der Waals surface area (Å²) < 4.78 is 10.3. The van der Waals surface area contributed by atoms with Crippen LogP contribution in [0.5, 0.6) is 11.5 Å². The van der Waals surface area contributed by atoms with E-state index in [-0.39, 0.29) is 17.2 Å². The standard InChI is InChI=1S/C16H19N3O4S/c1-9-10(2)17-16(19-15(9)21)24-8-14(20)18-11-5-6-12(22-3)13(7-11)23-4/h5-7H,8H2,1-4H3,(H,18,20)(H,17,19,21). The average molecular weight is 349 g/mol. The lowest BCUT2D eigenvalue weighted by molar-refractivity contribution is -0.113. The van der Waals surface area contributed by atoms with Crippen LogP contribution in [0.2, 0.25) is 0 Å². The molecule has 0 bridgehead atoms. The summed E-state index contributed by atoms with van der Waals surface area (Å²) in [7, 11) is 3.07. The molecule has 2 rings (SSSR count). The number of hydrogen-bond donors (Lipinski definition) is 2. The van der Waals surface area contributed by atoms with Crippen molar-refractivity contribution in [1.82, 2.24) is 9.97 Å². The molecule has 0 unspecified atom stereocenters. The second kappa shape index (κ2) is 7.87. The predicted octanol–water partition coefficient (Wildman–Crippen LogP) is 2.13. The van der Waals surface area contributed by atoms with Crippen LogP contribution >= 0.6 is 11.8 Å². The van der Waals surface area contributed by atoms with Gasteiger partial charge in [0.25, 0.3) is 5.56 Å². The number of H-pyrrole nitrogens is 1. The molecule has 1 heterocycles. The number of carbonyl (C=O) groups is 1. The molecule has 0 aliphatic carbocycles. The maximum atomic E-state index is 12.1. The molecule has 8 heteroatoms. The van der Waals surface area contributed by atoms with Crippen LogP contribution in [-0.4, -0.2) is 35.8 Å². The second-order valence-electron chi connectivity index (χ2n) is 4.99. The second-order valence-corrected chi connectivity index (χ2v) is 5.95. The molecule has 1 aromatic carbocycles. The zero-order valence-electron chi connectivity index (χ0n) is 13.9. The van der Waals surface area contributed by atoms with Crippen molar-refractivity contribution in [3.8, 4) is 11.5 Å². The lowest BCUT2D eigenvalue weighted by Gasteiger charge is -2.10. The number of nitrogens with zero attached hydrogens (tertiary/aromatic N) is 1. The minimum Gasteiger partial charge on any atom is -0.493 e. The normalized spacial score (nSPS) is 10.3. The number of nitrogens with one attached hydrogen (secondary N) is 2. The molecule has 0 fully saturated rings. The van der Waals surface area contributed by atoms with E-state index in [1.165, 1.54) is 18.9 Å². The van der Waals surface area contributed by atoms with Gasteiger partial charge in [-0.15, -0.1) is 0 Å². The number of carbonyl (C=O) groups excluding carboxylic acids is 1. The van der Waals surface area contributed by atoms with Crippen LogP contribution in [0.4, 0.5) is 5.69 Å². The van der Waals surface area contributed by atoms with Crippen molar-refractivity contribution in [1.29, 1.82) is 0 Å². The molecular weight excluding hydrogens is 330 g/mol. The van der Waals surface area contributed by atoms with Crippen molar-refractivity contribution < 1.29 is 14.3 Å². The summed E-state index contributed by atoms with van der Waals surface area (Å²) in [5, 5.41) is 3.19. The first-order chi connectivity index (χ1) is 11.4. The number of aryl methyl sites for hydroxylation is 1. The minimum absolute atomic E-state index is 0.125. The first-order valence-corrected chi connectivity index (χ1v) is 8.15. The lowest BCUT2D eigenvalue weighted by Crippen LogP contribution is -2.17. The number of amides is 1. The number of thioether (sulfide) groups is 1. The molecule has 24 heavy (non-hydrogen) atoms. The van der Waals surface area contributed by atoms with Gasteiger partial charge in [-0.05, 0) is 26.0 Å². The van der Waals surface area contributed by atoms with Gasteiger partial charge in [0.2, 0.25) is 5.91 Å². The van der Waals surface area contributed by atoms with Gasteiger partial charge in [0, 0.05) is 23.0 Å². The highest BCUT2D eigenvalue weighted by molar-refractivity contribution is 7.99. The highest BCUT2D eigenvalue weighted by atomic mass is 32.2. The third-order valence-electron chi connectivity index (χ3n) is 3.38. The number of hydrogen-bond acceptors (Lipinski definition) is 6. The summed E-state index contributed by atoms with van der Waals surface area (Å²) in [5.41, 5.74) is 1.64. The van der Waals surface area contributed by atoms with Crippen molar-refractivity contribution in [2.75, 3.05) is 25.3 Å². The van der Waals surface area contributed by atoms with Gasteiger partial charge >= 0.3 is 0 Å². The number of anilines is 1. The van der Waals surface area contributed by atoms with Crippen LogP contribution in [0.1, 0.15) is 11.3 Å². The summed E-state index contributed by atoms with van der Waals surface area (Å²) in [5.74, 6) is 1.03. The SMILES string of the molecule is COc1ccc(NC(=O)CSc2nc(C)c(C)c(=O)[nH]2)cc1OC. The molecular formula is C16H19N3O4S. The van der Waals surface area contributed by atoms with Crippen LogP contribution in [0.25, 0.3) is 0 Å². The van der Waals surface area contributed by atoms with Crippen molar-refractivity contribution in [2.24, 2.45) is 0 Å². The van der Waals surface area contributed by atoms with E-state index in [9.17, 15) is 9.59 Å². The molecule has 0 aliphatic heterocycles. The predicted molar refractivity (Wildman–Crippen MR) is 93.2 cm³/mol. The molecule has 7 nitrogen and oxygen atoms in total.